The molecule has 0 aliphatic heterocycles. The maximum atomic E-state index is 12.8. The van der Waals surface area contributed by atoms with E-state index in [0.717, 1.165) is 32.8 Å². The first-order chi connectivity index (χ1) is 14.2. The van der Waals surface area contributed by atoms with Crippen LogP contribution in [-0.4, -0.2) is 12.6 Å². The number of halogens is 2. The number of benzene rings is 4. The van der Waals surface area contributed by atoms with E-state index in [2.05, 4.69) is 80.4 Å². The van der Waals surface area contributed by atoms with E-state index in [-0.39, 0.29) is 5.97 Å². The van der Waals surface area contributed by atoms with Gasteiger partial charge in [-0.25, -0.2) is 4.79 Å². The molecule has 0 saturated carbocycles. The number of fused-ring (bicyclic) bond motifs is 2. The Labute approximate surface area is 187 Å². The van der Waals surface area contributed by atoms with Crippen LogP contribution < -0.4 is 0 Å². The molecule has 0 unspecified atom stereocenters. The van der Waals surface area contributed by atoms with Crippen LogP contribution in [0.5, 0.6) is 0 Å². The molecule has 0 aromatic heterocycles. The Morgan fingerprint density at radius 3 is 2.14 bits per heavy atom. The largest absolute Gasteiger partial charge is 0.462 e. The minimum atomic E-state index is -0.283. The molecule has 2 nitrogen and oxygen atoms in total. The predicted octanol–water partition coefficient (Wildman–Crippen LogP) is 7.63. The topological polar surface area (TPSA) is 26.3 Å². The van der Waals surface area contributed by atoms with E-state index in [1.165, 1.54) is 16.3 Å². The minimum Gasteiger partial charge on any atom is -0.462 e. The summed E-state index contributed by atoms with van der Waals surface area (Å²) in [6.07, 6.45) is 0. The average Bonchev–Trinajstić information content (AvgIpc) is 2.77. The van der Waals surface area contributed by atoms with Gasteiger partial charge in [-0.15, -0.1) is 0 Å². The van der Waals surface area contributed by atoms with E-state index in [4.69, 9.17) is 4.74 Å². The van der Waals surface area contributed by atoms with Gasteiger partial charge in [0.2, 0.25) is 0 Å². The van der Waals surface area contributed by atoms with Crippen molar-refractivity contribution in [1.82, 2.24) is 0 Å². The van der Waals surface area contributed by atoms with Gasteiger partial charge in [-0.3, -0.25) is 0 Å². The maximum absolute atomic E-state index is 12.8. The highest BCUT2D eigenvalue weighted by atomic mass is 79.9. The Morgan fingerprint density at radius 2 is 1.48 bits per heavy atom. The number of carbonyl (C=O) groups is 1. The molecule has 4 aromatic rings. The van der Waals surface area contributed by atoms with Crippen LogP contribution in [0, 0.1) is 0 Å². The van der Waals surface area contributed by atoms with E-state index in [1.54, 1.807) is 0 Å². The van der Waals surface area contributed by atoms with Crippen molar-refractivity contribution >= 4 is 59.4 Å². The van der Waals surface area contributed by atoms with Gasteiger partial charge in [0.15, 0.2) is 0 Å². The second kappa shape index (κ2) is 8.68. The summed E-state index contributed by atoms with van der Waals surface area (Å²) >= 11 is 7.32. The van der Waals surface area contributed by atoms with Crippen molar-refractivity contribution in [3.05, 3.63) is 83.4 Å². The normalized spacial score (nSPS) is 11.1. The Bertz CT molecular complexity index is 1210. The van der Waals surface area contributed by atoms with Gasteiger partial charge in [-0.2, -0.15) is 0 Å². The highest BCUT2D eigenvalue weighted by Crippen LogP contribution is 2.42. The Kier molecular flexibility index (Phi) is 6.02. The lowest BCUT2D eigenvalue weighted by Gasteiger charge is -2.20. The monoisotopic (exact) mass is 510 g/mol. The fourth-order valence-corrected chi connectivity index (χ4v) is 4.98. The van der Waals surface area contributed by atoms with Crippen LogP contribution in [0.4, 0.5) is 0 Å². The molecule has 0 saturated heterocycles. The second-order valence-electron chi connectivity index (χ2n) is 6.81. The molecule has 4 heteroatoms. The van der Waals surface area contributed by atoms with Crippen LogP contribution in [0.3, 0.4) is 0 Å². The molecule has 0 aliphatic carbocycles. The molecule has 0 fully saturated rings. The minimum absolute atomic E-state index is 0.283. The molecule has 0 bridgehead atoms. The van der Waals surface area contributed by atoms with Crippen molar-refractivity contribution in [3.8, 4) is 11.1 Å². The maximum Gasteiger partial charge on any atom is 0.338 e. The zero-order chi connectivity index (χ0) is 20.4. The number of alkyl halides is 2. The number of carbonyl (C=O) groups excluding carboxylic acids is 1. The Balaban J connectivity index is 2.19. The SMILES string of the molecule is CCOC(=O)c1cc2ccccc2c(-c2c(CBr)ccc3ccccc23)c1CBr. The van der Waals surface area contributed by atoms with Crippen molar-refractivity contribution in [2.24, 2.45) is 0 Å². The van der Waals surface area contributed by atoms with Gasteiger partial charge >= 0.3 is 5.97 Å². The van der Waals surface area contributed by atoms with Crippen molar-refractivity contribution < 1.29 is 9.53 Å². The number of hydrogen-bond acceptors (Lipinski definition) is 2. The molecule has 0 radical (unpaired) electrons. The predicted molar refractivity (Wildman–Crippen MR) is 128 cm³/mol. The summed E-state index contributed by atoms with van der Waals surface area (Å²) in [5.41, 5.74) is 5.02. The molecular formula is C25H20Br2O2. The standard InChI is InChI=1S/C25H20Br2O2/c1-2-29-25(28)21-13-17-8-4-6-10-20(17)24(22(21)15-27)23-18(14-26)12-11-16-7-3-5-9-19(16)23/h3-13H,2,14-15H2,1H3. The lowest BCUT2D eigenvalue weighted by atomic mass is 9.86. The van der Waals surface area contributed by atoms with Crippen molar-refractivity contribution in [1.29, 1.82) is 0 Å². The van der Waals surface area contributed by atoms with Crippen LogP contribution in [0.2, 0.25) is 0 Å². The molecule has 0 amide bonds. The average molecular weight is 512 g/mol. The molecule has 0 aliphatic rings. The summed E-state index contributed by atoms with van der Waals surface area (Å²) in [4.78, 5) is 12.8. The first-order valence-corrected chi connectivity index (χ1v) is 11.8. The quantitative estimate of drug-likeness (QED) is 0.203. The van der Waals surface area contributed by atoms with Gasteiger partial charge in [0.05, 0.1) is 12.2 Å². The zero-order valence-corrected chi connectivity index (χ0v) is 19.2. The van der Waals surface area contributed by atoms with E-state index >= 15 is 0 Å². The molecular weight excluding hydrogens is 492 g/mol. The van der Waals surface area contributed by atoms with Gasteiger partial charge in [0.25, 0.3) is 0 Å². The van der Waals surface area contributed by atoms with Crippen LogP contribution in [0.25, 0.3) is 32.7 Å². The lowest BCUT2D eigenvalue weighted by molar-refractivity contribution is 0.0525. The first kappa shape index (κ1) is 20.1. The number of rotatable bonds is 5. The van der Waals surface area contributed by atoms with Gasteiger partial charge in [0, 0.05) is 10.7 Å². The van der Waals surface area contributed by atoms with E-state index < -0.39 is 0 Å². The summed E-state index contributed by atoms with van der Waals surface area (Å²) in [6.45, 7) is 2.19. The Morgan fingerprint density at radius 1 is 0.828 bits per heavy atom. The molecule has 29 heavy (non-hydrogen) atoms. The van der Waals surface area contributed by atoms with Crippen molar-refractivity contribution in [2.75, 3.05) is 6.61 Å². The summed E-state index contributed by atoms with van der Waals surface area (Å²) in [5.74, 6) is -0.283. The molecule has 0 spiro atoms. The van der Waals surface area contributed by atoms with Crippen LogP contribution in [-0.2, 0) is 15.4 Å². The first-order valence-electron chi connectivity index (χ1n) is 9.54. The van der Waals surface area contributed by atoms with Gasteiger partial charge < -0.3 is 4.74 Å². The third-order valence-corrected chi connectivity index (χ3v) is 6.36. The third-order valence-electron chi connectivity index (χ3n) is 5.20. The second-order valence-corrected chi connectivity index (χ2v) is 7.93. The van der Waals surface area contributed by atoms with E-state index in [9.17, 15) is 4.79 Å². The van der Waals surface area contributed by atoms with Crippen LogP contribution in [0.1, 0.15) is 28.4 Å². The molecule has 4 aromatic carbocycles. The number of hydrogen-bond donors (Lipinski definition) is 0. The van der Waals surface area contributed by atoms with E-state index in [0.29, 0.717) is 17.5 Å². The van der Waals surface area contributed by atoms with Crippen molar-refractivity contribution in [3.63, 3.8) is 0 Å². The Hall–Kier alpha value is -2.17. The summed E-state index contributed by atoms with van der Waals surface area (Å²) in [5, 5.41) is 5.81. The fourth-order valence-electron chi connectivity index (χ4n) is 3.93. The molecule has 4 rings (SSSR count). The van der Waals surface area contributed by atoms with Crippen molar-refractivity contribution in [2.45, 2.75) is 17.6 Å². The molecule has 0 heterocycles. The number of esters is 1. The van der Waals surface area contributed by atoms with Crippen LogP contribution >= 0.6 is 31.9 Å². The summed E-state index contributed by atoms with van der Waals surface area (Å²) in [6, 6.07) is 22.9. The summed E-state index contributed by atoms with van der Waals surface area (Å²) < 4.78 is 5.39. The molecule has 146 valence electrons. The number of ether oxygens (including phenoxy) is 1. The third kappa shape index (κ3) is 3.60. The molecule has 0 N–H and O–H groups in total. The van der Waals surface area contributed by atoms with Gasteiger partial charge in [0.1, 0.15) is 0 Å². The highest BCUT2D eigenvalue weighted by Gasteiger charge is 2.22. The highest BCUT2D eigenvalue weighted by molar-refractivity contribution is 9.08. The zero-order valence-electron chi connectivity index (χ0n) is 16.0. The smallest absolute Gasteiger partial charge is 0.338 e. The van der Waals surface area contributed by atoms with E-state index in [1.807, 2.05) is 25.1 Å². The lowest BCUT2D eigenvalue weighted by Crippen LogP contribution is -2.09. The van der Waals surface area contributed by atoms with Gasteiger partial charge in [-0.1, -0.05) is 92.5 Å². The summed E-state index contributed by atoms with van der Waals surface area (Å²) in [7, 11) is 0. The molecule has 0 atom stereocenters. The fraction of sp³-hybridized carbons (Fsp3) is 0.160. The van der Waals surface area contributed by atoms with Gasteiger partial charge in [-0.05, 0) is 56.8 Å². The van der Waals surface area contributed by atoms with Crippen LogP contribution in [0.15, 0.2) is 66.7 Å².